The zero-order valence-electron chi connectivity index (χ0n) is 11.8. The summed E-state index contributed by atoms with van der Waals surface area (Å²) in [5.41, 5.74) is 1.51. The molecule has 0 N–H and O–H groups in total. The molecule has 1 aliphatic heterocycles. The third kappa shape index (κ3) is 2.42. The highest BCUT2D eigenvalue weighted by Crippen LogP contribution is 2.23. The van der Waals surface area contributed by atoms with E-state index in [-0.39, 0.29) is 5.91 Å². The minimum Gasteiger partial charge on any atom is -0.356 e. The van der Waals surface area contributed by atoms with Gasteiger partial charge in [-0.15, -0.1) is 0 Å². The summed E-state index contributed by atoms with van der Waals surface area (Å²) in [6.45, 7) is 3.04. The van der Waals surface area contributed by atoms with E-state index in [0.717, 1.165) is 42.5 Å². The Hall–Kier alpha value is -1.84. The van der Waals surface area contributed by atoms with Crippen LogP contribution in [0.4, 0.5) is 0 Å². The molecular formula is C16H20N2O2. The lowest BCUT2D eigenvalue weighted by Gasteiger charge is -2.35. The van der Waals surface area contributed by atoms with Crippen molar-refractivity contribution >= 4 is 16.9 Å². The number of aromatic nitrogens is 1. The minimum absolute atomic E-state index is 0.176. The fourth-order valence-corrected chi connectivity index (χ4v) is 3.06. The fourth-order valence-electron chi connectivity index (χ4n) is 3.06. The maximum Gasteiger partial charge on any atom is 0.228 e. The molecule has 1 aromatic carbocycles. The van der Waals surface area contributed by atoms with Crippen LogP contribution in [0.15, 0.2) is 28.8 Å². The van der Waals surface area contributed by atoms with Gasteiger partial charge in [-0.05, 0) is 37.8 Å². The molecule has 106 valence electrons. The number of para-hydroxylation sites is 1. The number of amides is 1. The number of benzene rings is 1. The number of hydrogen-bond acceptors (Lipinski definition) is 3. The van der Waals surface area contributed by atoms with Crippen LogP contribution in [0.1, 0.15) is 38.3 Å². The Morgan fingerprint density at radius 1 is 1.40 bits per heavy atom. The molecule has 1 aliphatic rings. The van der Waals surface area contributed by atoms with E-state index in [2.05, 4.69) is 12.1 Å². The minimum atomic E-state index is 0.176. The van der Waals surface area contributed by atoms with E-state index in [1.807, 2.05) is 29.2 Å². The molecule has 1 unspecified atom stereocenters. The molecule has 3 rings (SSSR count). The second-order valence-electron chi connectivity index (χ2n) is 5.45. The van der Waals surface area contributed by atoms with E-state index in [4.69, 9.17) is 4.52 Å². The van der Waals surface area contributed by atoms with Crippen molar-refractivity contribution in [1.29, 1.82) is 0 Å². The van der Waals surface area contributed by atoms with Crippen LogP contribution in [-0.2, 0) is 11.2 Å². The van der Waals surface area contributed by atoms with Gasteiger partial charge in [0, 0.05) is 18.0 Å². The first kappa shape index (κ1) is 13.2. The van der Waals surface area contributed by atoms with E-state index in [0.29, 0.717) is 12.5 Å². The Morgan fingerprint density at radius 2 is 2.25 bits per heavy atom. The van der Waals surface area contributed by atoms with Gasteiger partial charge in [0.2, 0.25) is 5.91 Å². The Kier molecular flexibility index (Phi) is 3.72. The standard InChI is InChI=1S/C16H20N2O2/c1-2-12-7-5-6-10-18(12)16(19)11-14-13-8-3-4-9-15(13)20-17-14/h3-4,8-9,12H,2,5-7,10-11H2,1H3. The highest BCUT2D eigenvalue weighted by Gasteiger charge is 2.26. The summed E-state index contributed by atoms with van der Waals surface area (Å²) in [6, 6.07) is 8.10. The normalized spacial score (nSPS) is 19.4. The summed E-state index contributed by atoms with van der Waals surface area (Å²) in [6.07, 6.45) is 4.84. The lowest BCUT2D eigenvalue weighted by molar-refractivity contribution is -0.134. The number of piperidine rings is 1. The molecule has 0 radical (unpaired) electrons. The average Bonchev–Trinajstić information content (AvgIpc) is 2.90. The molecule has 1 saturated heterocycles. The molecule has 4 nitrogen and oxygen atoms in total. The quantitative estimate of drug-likeness (QED) is 0.862. The van der Waals surface area contributed by atoms with Gasteiger partial charge in [0.25, 0.3) is 0 Å². The van der Waals surface area contributed by atoms with E-state index in [1.54, 1.807) is 0 Å². The van der Waals surface area contributed by atoms with Crippen LogP contribution in [0.5, 0.6) is 0 Å². The topological polar surface area (TPSA) is 46.3 Å². The maximum absolute atomic E-state index is 12.5. The average molecular weight is 272 g/mol. The summed E-state index contributed by atoms with van der Waals surface area (Å²) < 4.78 is 5.27. The van der Waals surface area contributed by atoms with Crippen molar-refractivity contribution < 1.29 is 9.32 Å². The number of hydrogen-bond donors (Lipinski definition) is 0. The maximum atomic E-state index is 12.5. The second-order valence-corrected chi connectivity index (χ2v) is 5.45. The van der Waals surface area contributed by atoms with Gasteiger partial charge in [-0.1, -0.05) is 24.2 Å². The van der Waals surface area contributed by atoms with E-state index in [1.165, 1.54) is 6.42 Å². The number of likely N-dealkylation sites (tertiary alicyclic amines) is 1. The predicted molar refractivity (Wildman–Crippen MR) is 77.4 cm³/mol. The molecule has 20 heavy (non-hydrogen) atoms. The number of nitrogens with zero attached hydrogens (tertiary/aromatic N) is 2. The van der Waals surface area contributed by atoms with Crippen molar-refractivity contribution in [2.24, 2.45) is 0 Å². The third-order valence-electron chi connectivity index (χ3n) is 4.19. The number of rotatable bonds is 3. The fraction of sp³-hybridized carbons (Fsp3) is 0.500. The zero-order chi connectivity index (χ0) is 13.9. The lowest BCUT2D eigenvalue weighted by atomic mass is 9.99. The molecule has 0 spiro atoms. The Labute approximate surface area is 118 Å². The predicted octanol–water partition coefficient (Wildman–Crippen LogP) is 3.16. The molecule has 1 fully saturated rings. The molecule has 1 atom stereocenters. The van der Waals surface area contributed by atoms with Gasteiger partial charge < -0.3 is 9.42 Å². The number of carbonyl (C=O) groups is 1. The second kappa shape index (κ2) is 5.65. The van der Waals surface area contributed by atoms with E-state index >= 15 is 0 Å². The smallest absolute Gasteiger partial charge is 0.228 e. The molecular weight excluding hydrogens is 252 g/mol. The third-order valence-corrected chi connectivity index (χ3v) is 4.19. The van der Waals surface area contributed by atoms with Crippen molar-refractivity contribution in [3.05, 3.63) is 30.0 Å². The summed E-state index contributed by atoms with van der Waals surface area (Å²) in [5, 5.41) is 5.01. The van der Waals surface area contributed by atoms with Crippen LogP contribution < -0.4 is 0 Å². The first-order valence-electron chi connectivity index (χ1n) is 7.42. The van der Waals surface area contributed by atoms with Crippen molar-refractivity contribution in [1.82, 2.24) is 10.1 Å². The van der Waals surface area contributed by atoms with Gasteiger partial charge in [0.05, 0.1) is 6.42 Å². The van der Waals surface area contributed by atoms with Crippen molar-refractivity contribution in [2.75, 3.05) is 6.54 Å². The highest BCUT2D eigenvalue weighted by atomic mass is 16.5. The van der Waals surface area contributed by atoms with Gasteiger partial charge in [-0.25, -0.2) is 0 Å². The molecule has 2 heterocycles. The van der Waals surface area contributed by atoms with Crippen molar-refractivity contribution in [3.8, 4) is 0 Å². The first-order chi connectivity index (χ1) is 9.79. The van der Waals surface area contributed by atoms with Crippen LogP contribution in [0.3, 0.4) is 0 Å². The molecule has 0 bridgehead atoms. The van der Waals surface area contributed by atoms with Crippen LogP contribution in [0.25, 0.3) is 11.0 Å². The van der Waals surface area contributed by atoms with E-state index < -0.39 is 0 Å². The van der Waals surface area contributed by atoms with Gasteiger partial charge in [-0.3, -0.25) is 4.79 Å². The summed E-state index contributed by atoms with van der Waals surface area (Å²) in [4.78, 5) is 14.6. The van der Waals surface area contributed by atoms with Crippen LogP contribution in [0, 0.1) is 0 Å². The van der Waals surface area contributed by atoms with Gasteiger partial charge in [0.1, 0.15) is 5.69 Å². The van der Waals surface area contributed by atoms with Crippen LogP contribution in [-0.4, -0.2) is 28.6 Å². The highest BCUT2D eigenvalue weighted by molar-refractivity contribution is 5.86. The van der Waals surface area contributed by atoms with Crippen molar-refractivity contribution in [3.63, 3.8) is 0 Å². The zero-order valence-corrected chi connectivity index (χ0v) is 11.8. The number of carbonyl (C=O) groups excluding carboxylic acids is 1. The largest absolute Gasteiger partial charge is 0.356 e. The summed E-state index contributed by atoms with van der Waals surface area (Å²) in [5.74, 6) is 0.176. The van der Waals surface area contributed by atoms with Crippen molar-refractivity contribution in [2.45, 2.75) is 45.1 Å². The number of fused-ring (bicyclic) bond motifs is 1. The van der Waals surface area contributed by atoms with Gasteiger partial charge >= 0.3 is 0 Å². The summed E-state index contributed by atoms with van der Waals surface area (Å²) >= 11 is 0. The van der Waals surface area contributed by atoms with Gasteiger partial charge in [0.15, 0.2) is 5.58 Å². The Morgan fingerprint density at radius 3 is 3.10 bits per heavy atom. The Bertz CT molecular complexity index is 605. The molecule has 2 aromatic rings. The molecule has 0 saturated carbocycles. The van der Waals surface area contributed by atoms with Crippen LogP contribution >= 0.6 is 0 Å². The van der Waals surface area contributed by atoms with Crippen LogP contribution in [0.2, 0.25) is 0 Å². The SMILES string of the molecule is CCC1CCCCN1C(=O)Cc1noc2ccccc12. The first-order valence-corrected chi connectivity index (χ1v) is 7.42. The van der Waals surface area contributed by atoms with Gasteiger partial charge in [-0.2, -0.15) is 0 Å². The molecule has 1 amide bonds. The summed E-state index contributed by atoms with van der Waals surface area (Å²) in [7, 11) is 0. The molecule has 4 heteroatoms. The Balaban J connectivity index is 1.78. The van der Waals surface area contributed by atoms with E-state index in [9.17, 15) is 4.79 Å². The molecule has 0 aliphatic carbocycles. The lowest BCUT2D eigenvalue weighted by Crippen LogP contribution is -2.44. The monoisotopic (exact) mass is 272 g/mol. The molecule has 1 aromatic heterocycles.